The van der Waals surface area contributed by atoms with Gasteiger partial charge in [0.1, 0.15) is 5.82 Å². The first-order valence-corrected chi connectivity index (χ1v) is 7.19. The fourth-order valence-electron chi connectivity index (χ4n) is 2.99. The van der Waals surface area contributed by atoms with Crippen LogP contribution in [-0.2, 0) is 6.54 Å². The van der Waals surface area contributed by atoms with E-state index in [9.17, 15) is 9.18 Å². The first-order chi connectivity index (χ1) is 9.37. The van der Waals surface area contributed by atoms with E-state index < -0.39 is 5.91 Å². The highest BCUT2D eigenvalue weighted by Gasteiger charge is 2.27. The Morgan fingerprint density at radius 3 is 2.90 bits per heavy atom. The normalized spacial score (nSPS) is 21.6. The lowest BCUT2D eigenvalue weighted by molar-refractivity contribution is 0.1000. The summed E-state index contributed by atoms with van der Waals surface area (Å²) in [4.78, 5) is 11.1. The summed E-state index contributed by atoms with van der Waals surface area (Å²) in [7, 11) is 0. The van der Waals surface area contributed by atoms with Crippen LogP contribution in [0.5, 0.6) is 0 Å². The molecule has 0 bridgehead atoms. The van der Waals surface area contributed by atoms with Gasteiger partial charge in [0.2, 0.25) is 5.91 Å². The predicted molar refractivity (Wildman–Crippen MR) is 77.8 cm³/mol. The van der Waals surface area contributed by atoms with Gasteiger partial charge in [0.05, 0.1) is 0 Å². The molecule has 1 amide bonds. The minimum absolute atomic E-state index is 0.294. The number of amides is 1. The molecule has 3 nitrogen and oxygen atoms in total. The third-order valence-corrected chi connectivity index (χ3v) is 4.12. The van der Waals surface area contributed by atoms with Crippen LogP contribution in [0.25, 0.3) is 0 Å². The molecule has 1 fully saturated rings. The lowest BCUT2D eigenvalue weighted by atomic mass is 9.75. The van der Waals surface area contributed by atoms with Gasteiger partial charge in [0.15, 0.2) is 0 Å². The van der Waals surface area contributed by atoms with Crippen LogP contribution >= 0.6 is 0 Å². The molecule has 0 aromatic heterocycles. The summed E-state index contributed by atoms with van der Waals surface area (Å²) in [5.74, 6) is -0.817. The Hall–Kier alpha value is -1.42. The Bertz CT molecular complexity index is 499. The van der Waals surface area contributed by atoms with Crippen LogP contribution in [0.1, 0.15) is 55.5 Å². The fraction of sp³-hybridized carbons (Fsp3) is 0.562. The van der Waals surface area contributed by atoms with E-state index in [-0.39, 0.29) is 5.82 Å². The Balaban J connectivity index is 2.00. The molecule has 1 atom stereocenters. The number of hydrogen-bond acceptors (Lipinski definition) is 2. The van der Waals surface area contributed by atoms with Crippen molar-refractivity contribution in [2.75, 3.05) is 0 Å². The molecule has 4 heteroatoms. The molecule has 110 valence electrons. The number of nitrogens with two attached hydrogens (primary N) is 1. The highest BCUT2D eigenvalue weighted by Crippen LogP contribution is 2.35. The van der Waals surface area contributed by atoms with E-state index in [2.05, 4.69) is 19.2 Å². The SMILES string of the molecule is CC1(C)CCCC(NCc2cc(C(N)=O)ccc2F)C1. The van der Waals surface area contributed by atoms with Gasteiger partial charge < -0.3 is 11.1 Å². The van der Waals surface area contributed by atoms with E-state index in [0.717, 1.165) is 12.8 Å². The third-order valence-electron chi connectivity index (χ3n) is 4.12. The van der Waals surface area contributed by atoms with E-state index in [1.165, 1.54) is 25.0 Å². The summed E-state index contributed by atoms with van der Waals surface area (Å²) in [5, 5.41) is 3.41. The highest BCUT2D eigenvalue weighted by atomic mass is 19.1. The number of hydrogen-bond donors (Lipinski definition) is 2. The number of primary amides is 1. The van der Waals surface area contributed by atoms with Crippen molar-refractivity contribution in [1.82, 2.24) is 5.32 Å². The molecule has 3 N–H and O–H groups in total. The second-order valence-electron chi connectivity index (χ2n) is 6.51. The molecule has 0 heterocycles. The van der Waals surface area contributed by atoms with Crippen molar-refractivity contribution >= 4 is 5.91 Å². The van der Waals surface area contributed by atoms with E-state index in [1.807, 2.05) is 0 Å². The summed E-state index contributed by atoms with van der Waals surface area (Å²) < 4.78 is 13.7. The molecule has 1 aliphatic rings. The second-order valence-corrected chi connectivity index (χ2v) is 6.51. The number of carbonyl (C=O) groups is 1. The van der Waals surface area contributed by atoms with Gasteiger partial charge in [-0.2, -0.15) is 0 Å². The average molecular weight is 278 g/mol. The molecule has 0 aliphatic heterocycles. The first-order valence-electron chi connectivity index (χ1n) is 7.19. The van der Waals surface area contributed by atoms with E-state index in [4.69, 9.17) is 5.73 Å². The molecular formula is C16H23FN2O. The molecule has 20 heavy (non-hydrogen) atoms. The number of rotatable bonds is 4. The molecule has 1 aromatic carbocycles. The minimum atomic E-state index is -0.523. The maximum absolute atomic E-state index is 13.7. The largest absolute Gasteiger partial charge is 0.366 e. The number of carbonyl (C=O) groups excluding carboxylic acids is 1. The number of benzene rings is 1. The number of nitrogens with one attached hydrogen (secondary N) is 1. The molecule has 0 saturated heterocycles. The van der Waals surface area contributed by atoms with Crippen molar-refractivity contribution < 1.29 is 9.18 Å². The van der Waals surface area contributed by atoms with Gasteiger partial charge in [-0.05, 0) is 42.9 Å². The fourth-order valence-corrected chi connectivity index (χ4v) is 2.99. The smallest absolute Gasteiger partial charge is 0.248 e. The molecule has 2 rings (SSSR count). The molecule has 1 aliphatic carbocycles. The van der Waals surface area contributed by atoms with Crippen molar-refractivity contribution in [1.29, 1.82) is 0 Å². The maximum Gasteiger partial charge on any atom is 0.248 e. The topological polar surface area (TPSA) is 55.1 Å². The van der Waals surface area contributed by atoms with Gasteiger partial charge in [-0.25, -0.2) is 4.39 Å². The quantitative estimate of drug-likeness (QED) is 0.889. The maximum atomic E-state index is 13.7. The van der Waals surface area contributed by atoms with E-state index in [1.54, 1.807) is 6.07 Å². The minimum Gasteiger partial charge on any atom is -0.366 e. The Morgan fingerprint density at radius 2 is 2.25 bits per heavy atom. The molecule has 0 radical (unpaired) electrons. The summed E-state index contributed by atoms with van der Waals surface area (Å²) in [5.41, 5.74) is 6.43. The summed E-state index contributed by atoms with van der Waals surface area (Å²) in [6.07, 6.45) is 4.68. The van der Waals surface area contributed by atoms with Crippen molar-refractivity contribution in [3.63, 3.8) is 0 Å². The van der Waals surface area contributed by atoms with Crippen LogP contribution in [0.2, 0.25) is 0 Å². The highest BCUT2D eigenvalue weighted by molar-refractivity contribution is 5.92. The molecule has 1 aromatic rings. The van der Waals surface area contributed by atoms with Crippen LogP contribution in [0.15, 0.2) is 18.2 Å². The molecule has 0 spiro atoms. The van der Waals surface area contributed by atoms with Crippen LogP contribution in [0.3, 0.4) is 0 Å². The third kappa shape index (κ3) is 3.79. The van der Waals surface area contributed by atoms with Gasteiger partial charge >= 0.3 is 0 Å². The predicted octanol–water partition coefficient (Wildman–Crippen LogP) is 2.98. The Kier molecular flexibility index (Phi) is 4.43. The van der Waals surface area contributed by atoms with E-state index >= 15 is 0 Å². The van der Waals surface area contributed by atoms with Crippen LogP contribution in [0.4, 0.5) is 4.39 Å². The zero-order valence-corrected chi connectivity index (χ0v) is 12.2. The molecule has 1 unspecified atom stereocenters. The van der Waals surface area contributed by atoms with Crippen molar-refractivity contribution in [2.24, 2.45) is 11.1 Å². The van der Waals surface area contributed by atoms with E-state index in [0.29, 0.717) is 29.1 Å². The zero-order valence-electron chi connectivity index (χ0n) is 12.2. The Labute approximate surface area is 119 Å². The zero-order chi connectivity index (χ0) is 14.8. The van der Waals surface area contributed by atoms with Gasteiger partial charge in [-0.1, -0.05) is 20.3 Å². The number of halogens is 1. The summed E-state index contributed by atoms with van der Waals surface area (Å²) in [6, 6.07) is 4.68. The van der Waals surface area contributed by atoms with Gasteiger partial charge in [0.25, 0.3) is 0 Å². The van der Waals surface area contributed by atoms with Gasteiger partial charge in [-0.15, -0.1) is 0 Å². The van der Waals surface area contributed by atoms with Crippen LogP contribution < -0.4 is 11.1 Å². The second kappa shape index (κ2) is 5.92. The molecule has 1 saturated carbocycles. The first kappa shape index (κ1) is 15.0. The Morgan fingerprint density at radius 1 is 1.50 bits per heavy atom. The van der Waals surface area contributed by atoms with Crippen LogP contribution in [0, 0.1) is 11.2 Å². The van der Waals surface area contributed by atoms with Crippen molar-refractivity contribution in [3.05, 3.63) is 35.1 Å². The van der Waals surface area contributed by atoms with Crippen molar-refractivity contribution in [3.8, 4) is 0 Å². The standard InChI is InChI=1S/C16H23FN2O/c1-16(2)7-3-4-13(9-16)19-10-12-8-11(15(18)20)5-6-14(12)17/h5-6,8,13,19H,3-4,7,9-10H2,1-2H3,(H2,18,20). The van der Waals surface area contributed by atoms with Gasteiger partial charge in [0, 0.05) is 23.7 Å². The average Bonchev–Trinajstić information content (AvgIpc) is 2.36. The van der Waals surface area contributed by atoms with Crippen LogP contribution in [-0.4, -0.2) is 11.9 Å². The monoisotopic (exact) mass is 278 g/mol. The lowest BCUT2D eigenvalue weighted by Gasteiger charge is -2.35. The lowest BCUT2D eigenvalue weighted by Crippen LogP contribution is -2.37. The van der Waals surface area contributed by atoms with Crippen molar-refractivity contribution in [2.45, 2.75) is 52.1 Å². The summed E-state index contributed by atoms with van der Waals surface area (Å²) in [6.45, 7) is 4.98. The van der Waals surface area contributed by atoms with Gasteiger partial charge in [-0.3, -0.25) is 4.79 Å². The summed E-state index contributed by atoms with van der Waals surface area (Å²) >= 11 is 0. The molecular weight excluding hydrogens is 255 g/mol.